The highest BCUT2D eigenvalue weighted by atomic mass is 16.5. The van der Waals surface area contributed by atoms with Gasteiger partial charge in [0.15, 0.2) is 0 Å². The molecule has 0 bridgehead atoms. The Labute approximate surface area is 130 Å². The van der Waals surface area contributed by atoms with E-state index < -0.39 is 0 Å². The van der Waals surface area contributed by atoms with Gasteiger partial charge in [-0.1, -0.05) is 31.9 Å². The smallest absolute Gasteiger partial charge is 0.119 e. The van der Waals surface area contributed by atoms with Gasteiger partial charge in [-0.25, -0.2) is 0 Å². The van der Waals surface area contributed by atoms with Gasteiger partial charge >= 0.3 is 0 Å². The average molecular weight is 289 g/mol. The minimum Gasteiger partial charge on any atom is -0.491 e. The van der Waals surface area contributed by atoms with Gasteiger partial charge in [0.2, 0.25) is 0 Å². The fourth-order valence-corrected chi connectivity index (χ4v) is 3.38. The van der Waals surface area contributed by atoms with E-state index in [1.165, 1.54) is 37.7 Å². The van der Waals surface area contributed by atoms with E-state index in [2.05, 4.69) is 57.3 Å². The van der Waals surface area contributed by atoms with E-state index in [9.17, 15) is 0 Å². The van der Waals surface area contributed by atoms with Crippen molar-refractivity contribution in [2.24, 2.45) is 5.41 Å². The summed E-state index contributed by atoms with van der Waals surface area (Å²) >= 11 is 0. The molecule has 0 aromatic heterocycles. The molecule has 1 fully saturated rings. The molecule has 2 nitrogen and oxygen atoms in total. The van der Waals surface area contributed by atoms with E-state index in [1.54, 1.807) is 0 Å². The first kappa shape index (κ1) is 16.4. The number of benzene rings is 1. The van der Waals surface area contributed by atoms with Gasteiger partial charge in [0.05, 0.1) is 6.10 Å². The molecule has 0 aliphatic heterocycles. The summed E-state index contributed by atoms with van der Waals surface area (Å²) in [7, 11) is 0. The number of hydrogen-bond acceptors (Lipinski definition) is 2. The van der Waals surface area contributed by atoms with Crippen molar-refractivity contribution in [3.05, 3.63) is 29.8 Å². The molecule has 1 aliphatic carbocycles. The zero-order valence-corrected chi connectivity index (χ0v) is 14.1. The minimum absolute atomic E-state index is 0.234. The van der Waals surface area contributed by atoms with Crippen LogP contribution in [0.1, 0.15) is 71.4 Å². The molecule has 1 aromatic carbocycles. The summed E-state index contributed by atoms with van der Waals surface area (Å²) in [6, 6.07) is 8.94. The maximum absolute atomic E-state index is 5.70. The normalized spacial score (nSPS) is 18.9. The van der Waals surface area contributed by atoms with Gasteiger partial charge in [-0.2, -0.15) is 0 Å². The van der Waals surface area contributed by atoms with Crippen molar-refractivity contribution < 1.29 is 4.74 Å². The Hall–Kier alpha value is -1.02. The van der Waals surface area contributed by atoms with Gasteiger partial charge in [0.25, 0.3) is 0 Å². The second-order valence-electron chi connectivity index (χ2n) is 6.90. The molecule has 1 aliphatic rings. The number of rotatable bonds is 7. The molecule has 1 aromatic rings. The Morgan fingerprint density at radius 3 is 2.24 bits per heavy atom. The lowest BCUT2D eigenvalue weighted by Crippen LogP contribution is -2.33. The molecule has 2 rings (SSSR count). The second-order valence-corrected chi connectivity index (χ2v) is 6.90. The molecule has 0 radical (unpaired) electrons. The van der Waals surface area contributed by atoms with E-state index in [-0.39, 0.29) is 6.10 Å². The fourth-order valence-electron chi connectivity index (χ4n) is 3.38. The van der Waals surface area contributed by atoms with Crippen LogP contribution in [0, 0.1) is 5.41 Å². The molecule has 2 heteroatoms. The van der Waals surface area contributed by atoms with E-state index in [1.807, 2.05) is 0 Å². The Morgan fingerprint density at radius 2 is 1.71 bits per heavy atom. The summed E-state index contributed by atoms with van der Waals surface area (Å²) in [6.07, 6.45) is 7.14. The highest BCUT2D eigenvalue weighted by Crippen LogP contribution is 2.40. The SMILES string of the molecule is CCC1(CNC(C)c2ccc(OC(C)C)cc2)CCCC1. The van der Waals surface area contributed by atoms with E-state index in [0.29, 0.717) is 11.5 Å². The van der Waals surface area contributed by atoms with Crippen LogP contribution < -0.4 is 10.1 Å². The van der Waals surface area contributed by atoms with E-state index >= 15 is 0 Å². The first-order chi connectivity index (χ1) is 10.0. The first-order valence-corrected chi connectivity index (χ1v) is 8.55. The molecular weight excluding hydrogens is 258 g/mol. The summed E-state index contributed by atoms with van der Waals surface area (Å²) in [4.78, 5) is 0. The van der Waals surface area contributed by atoms with Gasteiger partial charge in [0.1, 0.15) is 5.75 Å². The molecule has 0 spiro atoms. The maximum Gasteiger partial charge on any atom is 0.119 e. The molecular formula is C19H31NO. The molecule has 21 heavy (non-hydrogen) atoms. The second kappa shape index (κ2) is 7.31. The van der Waals surface area contributed by atoms with Crippen LogP contribution in [0.2, 0.25) is 0 Å². The van der Waals surface area contributed by atoms with Crippen LogP contribution in [0.4, 0.5) is 0 Å². The van der Waals surface area contributed by atoms with E-state index in [4.69, 9.17) is 4.74 Å². The number of hydrogen-bond donors (Lipinski definition) is 1. The molecule has 1 saturated carbocycles. The molecule has 118 valence electrons. The van der Waals surface area contributed by atoms with Gasteiger partial charge in [-0.3, -0.25) is 0 Å². The summed E-state index contributed by atoms with van der Waals surface area (Å²) in [6.45, 7) is 9.87. The van der Waals surface area contributed by atoms with Crippen LogP contribution in [-0.2, 0) is 0 Å². The molecule has 1 N–H and O–H groups in total. The predicted molar refractivity (Wildman–Crippen MR) is 89.8 cm³/mol. The zero-order chi connectivity index (χ0) is 15.3. The van der Waals surface area contributed by atoms with Crippen LogP contribution in [0.3, 0.4) is 0 Å². The Morgan fingerprint density at radius 1 is 1.10 bits per heavy atom. The number of ether oxygens (including phenoxy) is 1. The third-order valence-electron chi connectivity index (χ3n) is 4.95. The monoisotopic (exact) mass is 289 g/mol. The van der Waals surface area contributed by atoms with Crippen LogP contribution in [0.5, 0.6) is 5.75 Å². The van der Waals surface area contributed by atoms with Gasteiger partial charge in [0, 0.05) is 12.6 Å². The largest absolute Gasteiger partial charge is 0.491 e. The Bertz CT molecular complexity index is 418. The summed E-state index contributed by atoms with van der Waals surface area (Å²) in [5.74, 6) is 0.960. The molecule has 1 atom stereocenters. The summed E-state index contributed by atoms with van der Waals surface area (Å²) in [5.41, 5.74) is 1.89. The fraction of sp³-hybridized carbons (Fsp3) is 0.684. The molecule has 0 heterocycles. The van der Waals surface area contributed by atoms with E-state index in [0.717, 1.165) is 12.3 Å². The van der Waals surface area contributed by atoms with Crippen molar-refractivity contribution in [3.8, 4) is 5.75 Å². The predicted octanol–water partition coefficient (Wildman–Crippen LogP) is 5.09. The van der Waals surface area contributed by atoms with Crippen molar-refractivity contribution in [2.75, 3.05) is 6.54 Å². The van der Waals surface area contributed by atoms with Gasteiger partial charge in [-0.05, 0) is 63.1 Å². The quantitative estimate of drug-likeness (QED) is 0.754. The average Bonchev–Trinajstić information content (AvgIpc) is 2.94. The highest BCUT2D eigenvalue weighted by molar-refractivity contribution is 5.29. The van der Waals surface area contributed by atoms with Crippen LogP contribution in [-0.4, -0.2) is 12.6 Å². The van der Waals surface area contributed by atoms with Crippen molar-refractivity contribution in [1.82, 2.24) is 5.32 Å². The summed E-state index contributed by atoms with van der Waals surface area (Å²) < 4.78 is 5.70. The lowest BCUT2D eigenvalue weighted by Gasteiger charge is -2.30. The van der Waals surface area contributed by atoms with Crippen molar-refractivity contribution in [1.29, 1.82) is 0 Å². The lowest BCUT2D eigenvalue weighted by atomic mass is 9.83. The molecule has 0 saturated heterocycles. The Kier molecular flexibility index (Phi) is 5.69. The molecule has 0 amide bonds. The Balaban J connectivity index is 1.89. The zero-order valence-electron chi connectivity index (χ0n) is 14.1. The number of nitrogens with one attached hydrogen (secondary N) is 1. The lowest BCUT2D eigenvalue weighted by molar-refractivity contribution is 0.242. The van der Waals surface area contributed by atoms with Crippen molar-refractivity contribution in [3.63, 3.8) is 0 Å². The highest BCUT2D eigenvalue weighted by Gasteiger charge is 2.31. The molecule has 1 unspecified atom stereocenters. The van der Waals surface area contributed by atoms with Crippen molar-refractivity contribution in [2.45, 2.75) is 71.9 Å². The van der Waals surface area contributed by atoms with Crippen molar-refractivity contribution >= 4 is 0 Å². The van der Waals surface area contributed by atoms with Gasteiger partial charge < -0.3 is 10.1 Å². The maximum atomic E-state index is 5.70. The summed E-state index contributed by atoms with van der Waals surface area (Å²) in [5, 5.41) is 3.75. The van der Waals surface area contributed by atoms with Crippen LogP contribution in [0.25, 0.3) is 0 Å². The standard InChI is InChI=1S/C19H31NO/c1-5-19(12-6-7-13-19)14-20-16(4)17-8-10-18(11-9-17)21-15(2)3/h8-11,15-16,20H,5-7,12-14H2,1-4H3. The third kappa shape index (κ3) is 4.47. The minimum atomic E-state index is 0.234. The first-order valence-electron chi connectivity index (χ1n) is 8.55. The topological polar surface area (TPSA) is 21.3 Å². The van der Waals surface area contributed by atoms with Gasteiger partial charge in [-0.15, -0.1) is 0 Å². The van der Waals surface area contributed by atoms with Crippen LogP contribution in [0.15, 0.2) is 24.3 Å². The third-order valence-corrected chi connectivity index (χ3v) is 4.95. The van der Waals surface area contributed by atoms with Crippen LogP contribution >= 0.6 is 0 Å².